The van der Waals surface area contributed by atoms with Gasteiger partial charge in [-0.3, -0.25) is 4.90 Å². The van der Waals surface area contributed by atoms with Crippen molar-refractivity contribution in [3.05, 3.63) is 17.0 Å². The monoisotopic (exact) mass is 341 g/mol. The summed E-state index contributed by atoms with van der Waals surface area (Å²) in [6.45, 7) is 10.1. The molecule has 1 atom stereocenters. The number of aromatic nitrogens is 2. The van der Waals surface area contributed by atoms with Crippen LogP contribution in [0.3, 0.4) is 0 Å². The lowest BCUT2D eigenvalue weighted by Crippen LogP contribution is -2.52. The highest BCUT2D eigenvalue weighted by atomic mass is 79.9. The van der Waals surface area contributed by atoms with Crippen LogP contribution in [0.15, 0.2) is 17.0 Å². The van der Waals surface area contributed by atoms with Gasteiger partial charge in [0.05, 0.1) is 4.47 Å². The minimum Gasteiger partial charge on any atom is -0.367 e. The van der Waals surface area contributed by atoms with E-state index in [1.54, 1.807) is 12.5 Å². The molecule has 2 rings (SSSR count). The van der Waals surface area contributed by atoms with Crippen molar-refractivity contribution in [1.82, 2.24) is 19.8 Å². The molecule has 1 saturated heterocycles. The van der Waals surface area contributed by atoms with Crippen LogP contribution in [0, 0.1) is 5.92 Å². The zero-order chi connectivity index (χ0) is 14.5. The van der Waals surface area contributed by atoms with Crippen LogP contribution in [0.1, 0.15) is 13.8 Å². The highest BCUT2D eigenvalue weighted by molar-refractivity contribution is 9.10. The van der Waals surface area contributed by atoms with Gasteiger partial charge in [0.2, 0.25) is 0 Å². The van der Waals surface area contributed by atoms with Crippen LogP contribution < -0.4 is 5.32 Å². The number of rotatable bonds is 5. The molecule has 1 aromatic heterocycles. The lowest BCUT2D eigenvalue weighted by Gasteiger charge is -2.40. The molecule has 112 valence electrons. The highest BCUT2D eigenvalue weighted by Crippen LogP contribution is 2.19. The molecule has 5 nitrogen and oxygen atoms in total. The first-order valence-corrected chi connectivity index (χ1v) is 7.99. The summed E-state index contributed by atoms with van der Waals surface area (Å²) in [6.07, 6.45) is 3.35. The van der Waals surface area contributed by atoms with Gasteiger partial charge < -0.3 is 10.2 Å². The Hall–Kier alpha value is -0.720. The highest BCUT2D eigenvalue weighted by Gasteiger charge is 2.24. The fourth-order valence-corrected chi connectivity index (χ4v) is 2.94. The summed E-state index contributed by atoms with van der Waals surface area (Å²) in [7, 11) is 2.19. The van der Waals surface area contributed by atoms with Crippen molar-refractivity contribution in [3.63, 3.8) is 0 Å². The van der Waals surface area contributed by atoms with Crippen LogP contribution in [-0.4, -0.2) is 65.6 Å². The van der Waals surface area contributed by atoms with Crippen molar-refractivity contribution >= 4 is 21.7 Å². The maximum absolute atomic E-state index is 4.27. The molecule has 0 bridgehead atoms. The number of hydrogen-bond donors (Lipinski definition) is 1. The Morgan fingerprint density at radius 3 is 2.60 bits per heavy atom. The summed E-state index contributed by atoms with van der Waals surface area (Å²) in [4.78, 5) is 13.2. The summed E-state index contributed by atoms with van der Waals surface area (Å²) in [6, 6.07) is 0.533. The number of halogens is 1. The zero-order valence-electron chi connectivity index (χ0n) is 12.5. The van der Waals surface area contributed by atoms with Crippen LogP contribution >= 0.6 is 15.9 Å². The van der Waals surface area contributed by atoms with Crippen molar-refractivity contribution in [2.24, 2.45) is 5.92 Å². The van der Waals surface area contributed by atoms with Crippen molar-refractivity contribution in [2.75, 3.05) is 45.1 Å². The van der Waals surface area contributed by atoms with Gasteiger partial charge in [-0.25, -0.2) is 9.97 Å². The molecule has 1 N–H and O–H groups in total. The molecule has 20 heavy (non-hydrogen) atoms. The average molecular weight is 342 g/mol. The molecule has 2 heterocycles. The number of anilines is 1. The van der Waals surface area contributed by atoms with E-state index >= 15 is 0 Å². The first-order chi connectivity index (χ1) is 9.58. The van der Waals surface area contributed by atoms with E-state index in [0.717, 1.165) is 43.0 Å². The third-order valence-corrected chi connectivity index (χ3v) is 4.50. The maximum atomic E-state index is 4.27. The summed E-state index contributed by atoms with van der Waals surface area (Å²) >= 11 is 3.48. The van der Waals surface area contributed by atoms with Gasteiger partial charge in [-0.1, -0.05) is 13.8 Å². The molecule has 0 amide bonds. The van der Waals surface area contributed by atoms with Crippen LogP contribution in [0.25, 0.3) is 0 Å². The standard InChI is InChI=1S/C14H24BrN5/c1-11(2)13(20-6-4-19(3)5-7-20)9-17-14-12(15)8-16-10-18-14/h8,10-11,13H,4-7,9H2,1-3H3,(H,16,17,18). The summed E-state index contributed by atoms with van der Waals surface area (Å²) < 4.78 is 0.917. The maximum Gasteiger partial charge on any atom is 0.143 e. The SMILES string of the molecule is CC(C)C(CNc1ncncc1Br)N1CCN(C)CC1. The molecule has 0 radical (unpaired) electrons. The number of piperazine rings is 1. The third-order valence-electron chi connectivity index (χ3n) is 3.92. The van der Waals surface area contributed by atoms with Gasteiger partial charge in [-0.2, -0.15) is 0 Å². The molecule has 1 fully saturated rings. The Morgan fingerprint density at radius 1 is 1.30 bits per heavy atom. The van der Waals surface area contributed by atoms with Gasteiger partial charge in [0.15, 0.2) is 0 Å². The van der Waals surface area contributed by atoms with Crippen LogP contribution in [0.4, 0.5) is 5.82 Å². The van der Waals surface area contributed by atoms with Crippen LogP contribution in [0.2, 0.25) is 0 Å². The first-order valence-electron chi connectivity index (χ1n) is 7.20. The third kappa shape index (κ3) is 4.14. The molecule has 0 spiro atoms. The molecule has 6 heteroatoms. The van der Waals surface area contributed by atoms with Gasteiger partial charge >= 0.3 is 0 Å². The molecule has 1 aliphatic rings. The van der Waals surface area contributed by atoms with E-state index in [-0.39, 0.29) is 0 Å². The average Bonchev–Trinajstić information content (AvgIpc) is 2.42. The molecular formula is C14H24BrN5. The topological polar surface area (TPSA) is 44.3 Å². The van der Waals surface area contributed by atoms with Gasteiger partial charge in [0, 0.05) is 45.0 Å². The van der Waals surface area contributed by atoms with E-state index in [0.29, 0.717) is 12.0 Å². The van der Waals surface area contributed by atoms with E-state index < -0.39 is 0 Å². The smallest absolute Gasteiger partial charge is 0.143 e. The summed E-state index contributed by atoms with van der Waals surface area (Å²) in [5.74, 6) is 1.49. The number of nitrogens with one attached hydrogen (secondary N) is 1. The predicted octanol–water partition coefficient (Wildman–Crippen LogP) is 1.92. The van der Waals surface area contributed by atoms with E-state index in [9.17, 15) is 0 Å². The van der Waals surface area contributed by atoms with E-state index in [1.807, 2.05) is 0 Å². The van der Waals surface area contributed by atoms with Crippen LogP contribution in [-0.2, 0) is 0 Å². The molecule has 1 aromatic rings. The Labute approximate surface area is 129 Å². The van der Waals surface area contributed by atoms with E-state index in [1.165, 1.54) is 0 Å². The second-order valence-corrected chi connectivity index (χ2v) is 6.61. The van der Waals surface area contributed by atoms with Gasteiger partial charge in [0.1, 0.15) is 12.1 Å². The van der Waals surface area contributed by atoms with Crippen molar-refractivity contribution < 1.29 is 0 Å². The van der Waals surface area contributed by atoms with Crippen LogP contribution in [0.5, 0.6) is 0 Å². The molecule has 1 unspecified atom stereocenters. The number of likely N-dealkylation sites (N-methyl/N-ethyl adjacent to an activating group) is 1. The lowest BCUT2D eigenvalue weighted by atomic mass is 10.0. The molecule has 1 aliphatic heterocycles. The van der Waals surface area contributed by atoms with E-state index in [4.69, 9.17) is 0 Å². The Morgan fingerprint density at radius 2 is 2.00 bits per heavy atom. The second-order valence-electron chi connectivity index (χ2n) is 5.75. The van der Waals surface area contributed by atoms with Gasteiger partial charge in [0.25, 0.3) is 0 Å². The fraction of sp³-hybridized carbons (Fsp3) is 0.714. The largest absolute Gasteiger partial charge is 0.367 e. The summed E-state index contributed by atoms with van der Waals surface area (Å²) in [5.41, 5.74) is 0. The molecule has 0 saturated carbocycles. The first kappa shape index (κ1) is 15.7. The van der Waals surface area contributed by atoms with Crippen molar-refractivity contribution in [1.29, 1.82) is 0 Å². The second kappa shape index (κ2) is 7.33. The normalized spacial score (nSPS) is 19.2. The lowest BCUT2D eigenvalue weighted by molar-refractivity contribution is 0.0944. The quantitative estimate of drug-likeness (QED) is 0.886. The zero-order valence-corrected chi connectivity index (χ0v) is 14.1. The minimum atomic E-state index is 0.533. The fourth-order valence-electron chi connectivity index (χ4n) is 2.58. The van der Waals surface area contributed by atoms with Crippen molar-refractivity contribution in [3.8, 4) is 0 Å². The van der Waals surface area contributed by atoms with Crippen molar-refractivity contribution in [2.45, 2.75) is 19.9 Å². The summed E-state index contributed by atoms with van der Waals surface area (Å²) in [5, 5.41) is 3.45. The molecule has 0 aliphatic carbocycles. The number of nitrogens with zero attached hydrogens (tertiary/aromatic N) is 4. The Balaban J connectivity index is 1.94. The van der Waals surface area contributed by atoms with Gasteiger partial charge in [-0.05, 0) is 28.9 Å². The minimum absolute atomic E-state index is 0.533. The molecule has 0 aromatic carbocycles. The predicted molar refractivity (Wildman–Crippen MR) is 85.9 cm³/mol. The van der Waals surface area contributed by atoms with Gasteiger partial charge in [-0.15, -0.1) is 0 Å². The Bertz CT molecular complexity index is 418. The molecular weight excluding hydrogens is 318 g/mol. The Kier molecular flexibility index (Phi) is 5.74. The van der Waals surface area contributed by atoms with E-state index in [2.05, 4.69) is 61.9 Å². The number of hydrogen-bond acceptors (Lipinski definition) is 5.